The Hall–Kier alpha value is -2.54. The van der Waals surface area contributed by atoms with Crippen LogP contribution in [0, 0.1) is 0 Å². The predicted molar refractivity (Wildman–Crippen MR) is 117 cm³/mol. The lowest BCUT2D eigenvalue weighted by atomic mass is 10.1. The zero-order valence-corrected chi connectivity index (χ0v) is 17.4. The Morgan fingerprint density at radius 3 is 2.62 bits per heavy atom. The minimum absolute atomic E-state index is 0.261. The molecule has 0 saturated carbocycles. The van der Waals surface area contributed by atoms with Gasteiger partial charge in [0.2, 0.25) is 0 Å². The third kappa shape index (κ3) is 4.10. The van der Waals surface area contributed by atoms with Gasteiger partial charge in [0.15, 0.2) is 0 Å². The van der Waals surface area contributed by atoms with Crippen LogP contribution in [0.3, 0.4) is 0 Å². The van der Waals surface area contributed by atoms with Gasteiger partial charge in [-0.05, 0) is 41.6 Å². The molecule has 4 rings (SSSR count). The molecule has 2 aromatic carbocycles. The molecule has 2 heterocycles. The summed E-state index contributed by atoms with van der Waals surface area (Å²) in [5.41, 5.74) is 3.10. The molecule has 0 radical (unpaired) electrons. The SMILES string of the molecule is COCCN1C(=O)S/C(=C/c2cn(Cc3ccc(Cl)cc3)c3ccccc23)C1=O. The quantitative estimate of drug-likeness (QED) is 0.519. The van der Waals surface area contributed by atoms with Crippen LogP contribution in [-0.4, -0.2) is 40.9 Å². The molecule has 1 aliphatic rings. The first-order valence-corrected chi connectivity index (χ1v) is 10.3. The molecule has 0 unspecified atom stereocenters. The number of halogens is 1. The second-order valence-electron chi connectivity index (χ2n) is 6.68. The molecule has 29 heavy (non-hydrogen) atoms. The Balaban J connectivity index is 1.68. The first-order chi connectivity index (χ1) is 14.1. The van der Waals surface area contributed by atoms with E-state index in [1.807, 2.05) is 54.7 Å². The van der Waals surface area contributed by atoms with Crippen LogP contribution >= 0.6 is 23.4 Å². The molecule has 3 aromatic rings. The number of hydrogen-bond donors (Lipinski definition) is 0. The maximum absolute atomic E-state index is 12.6. The molecular formula is C22H19ClN2O3S. The van der Waals surface area contributed by atoms with Crippen molar-refractivity contribution in [3.8, 4) is 0 Å². The topological polar surface area (TPSA) is 51.5 Å². The van der Waals surface area contributed by atoms with E-state index in [1.165, 1.54) is 4.90 Å². The lowest BCUT2D eigenvalue weighted by Gasteiger charge is -2.10. The number of amides is 2. The van der Waals surface area contributed by atoms with Gasteiger partial charge in [-0.3, -0.25) is 14.5 Å². The third-order valence-corrected chi connectivity index (χ3v) is 5.92. The number of fused-ring (bicyclic) bond motifs is 1. The second-order valence-corrected chi connectivity index (χ2v) is 8.11. The van der Waals surface area contributed by atoms with Crippen molar-refractivity contribution in [2.24, 2.45) is 0 Å². The summed E-state index contributed by atoms with van der Waals surface area (Å²) in [5, 5.41) is 1.48. The summed E-state index contributed by atoms with van der Waals surface area (Å²) in [4.78, 5) is 26.5. The fourth-order valence-corrected chi connectivity index (χ4v) is 4.31. The number of imide groups is 1. The highest BCUT2D eigenvalue weighted by atomic mass is 35.5. The minimum Gasteiger partial charge on any atom is -0.383 e. The average molecular weight is 427 g/mol. The van der Waals surface area contributed by atoms with Gasteiger partial charge in [-0.25, -0.2) is 0 Å². The summed E-state index contributed by atoms with van der Waals surface area (Å²) >= 11 is 6.96. The van der Waals surface area contributed by atoms with Crippen LogP contribution in [-0.2, 0) is 16.1 Å². The molecule has 0 atom stereocenters. The Bertz CT molecular complexity index is 1100. The van der Waals surface area contributed by atoms with Gasteiger partial charge >= 0.3 is 0 Å². The van der Waals surface area contributed by atoms with Gasteiger partial charge in [0, 0.05) is 41.3 Å². The van der Waals surface area contributed by atoms with Crippen molar-refractivity contribution in [1.29, 1.82) is 0 Å². The van der Waals surface area contributed by atoms with Crippen molar-refractivity contribution < 1.29 is 14.3 Å². The van der Waals surface area contributed by atoms with Crippen molar-refractivity contribution in [3.63, 3.8) is 0 Å². The maximum Gasteiger partial charge on any atom is 0.293 e. The fraction of sp³-hybridized carbons (Fsp3) is 0.182. The summed E-state index contributed by atoms with van der Waals surface area (Å²) in [7, 11) is 1.55. The average Bonchev–Trinajstić information content (AvgIpc) is 3.19. The molecule has 1 aliphatic heterocycles. The molecule has 1 fully saturated rings. The lowest BCUT2D eigenvalue weighted by molar-refractivity contribution is -0.123. The van der Waals surface area contributed by atoms with E-state index in [4.69, 9.17) is 16.3 Å². The van der Waals surface area contributed by atoms with E-state index in [2.05, 4.69) is 4.57 Å². The second kappa shape index (κ2) is 8.45. The highest BCUT2D eigenvalue weighted by molar-refractivity contribution is 8.18. The molecule has 2 amide bonds. The Morgan fingerprint density at radius 1 is 1.10 bits per heavy atom. The van der Waals surface area contributed by atoms with E-state index in [0.717, 1.165) is 33.8 Å². The van der Waals surface area contributed by atoms with Crippen molar-refractivity contribution >= 4 is 51.5 Å². The predicted octanol–water partition coefficient (Wildman–Crippen LogP) is 5.03. The molecule has 148 valence electrons. The van der Waals surface area contributed by atoms with Crippen LogP contribution in [0.2, 0.25) is 5.02 Å². The molecule has 7 heteroatoms. The van der Waals surface area contributed by atoms with Gasteiger partial charge < -0.3 is 9.30 Å². The summed E-state index contributed by atoms with van der Waals surface area (Å²) < 4.78 is 7.13. The number of carbonyl (C=O) groups is 2. The highest BCUT2D eigenvalue weighted by Crippen LogP contribution is 2.34. The summed E-state index contributed by atoms with van der Waals surface area (Å²) in [5.74, 6) is -0.272. The highest BCUT2D eigenvalue weighted by Gasteiger charge is 2.34. The van der Waals surface area contributed by atoms with Crippen LogP contribution in [0.15, 0.2) is 59.6 Å². The molecular weight excluding hydrogens is 408 g/mol. The molecule has 0 bridgehead atoms. The van der Waals surface area contributed by atoms with E-state index in [-0.39, 0.29) is 17.7 Å². The summed E-state index contributed by atoms with van der Waals surface area (Å²) in [6, 6.07) is 15.8. The van der Waals surface area contributed by atoms with E-state index in [9.17, 15) is 9.59 Å². The number of hydrogen-bond acceptors (Lipinski definition) is 4. The van der Waals surface area contributed by atoms with E-state index >= 15 is 0 Å². The molecule has 0 aliphatic carbocycles. The van der Waals surface area contributed by atoms with Crippen molar-refractivity contribution in [3.05, 3.63) is 75.8 Å². The number of thioether (sulfide) groups is 1. The first-order valence-electron chi connectivity index (χ1n) is 9.13. The van der Waals surface area contributed by atoms with Gasteiger partial charge in [-0.2, -0.15) is 0 Å². The number of benzene rings is 2. The maximum atomic E-state index is 12.6. The molecule has 1 aromatic heterocycles. The fourth-order valence-electron chi connectivity index (χ4n) is 3.32. The normalized spacial score (nSPS) is 15.8. The summed E-state index contributed by atoms with van der Waals surface area (Å²) in [6.45, 7) is 1.27. The molecule has 0 spiro atoms. The smallest absolute Gasteiger partial charge is 0.293 e. The number of methoxy groups -OCH3 is 1. The molecule has 0 N–H and O–H groups in total. The van der Waals surface area contributed by atoms with Crippen LogP contribution < -0.4 is 0 Å². The number of carbonyl (C=O) groups excluding carboxylic acids is 2. The van der Waals surface area contributed by atoms with Crippen LogP contribution in [0.25, 0.3) is 17.0 Å². The van der Waals surface area contributed by atoms with Crippen LogP contribution in [0.5, 0.6) is 0 Å². The zero-order valence-electron chi connectivity index (χ0n) is 15.8. The summed E-state index contributed by atoms with van der Waals surface area (Å²) in [6.07, 6.45) is 3.82. The van der Waals surface area contributed by atoms with Crippen LogP contribution in [0.1, 0.15) is 11.1 Å². The number of aromatic nitrogens is 1. The number of para-hydroxylation sites is 1. The van der Waals surface area contributed by atoms with E-state index < -0.39 is 0 Å². The van der Waals surface area contributed by atoms with Gasteiger partial charge in [0.05, 0.1) is 18.1 Å². The van der Waals surface area contributed by atoms with Crippen molar-refractivity contribution in [2.45, 2.75) is 6.54 Å². The van der Waals surface area contributed by atoms with Crippen LogP contribution in [0.4, 0.5) is 4.79 Å². The van der Waals surface area contributed by atoms with Crippen molar-refractivity contribution in [2.75, 3.05) is 20.3 Å². The van der Waals surface area contributed by atoms with Gasteiger partial charge in [-0.1, -0.05) is 41.9 Å². The monoisotopic (exact) mass is 426 g/mol. The largest absolute Gasteiger partial charge is 0.383 e. The number of nitrogens with zero attached hydrogens (tertiary/aromatic N) is 2. The zero-order chi connectivity index (χ0) is 20.4. The van der Waals surface area contributed by atoms with E-state index in [0.29, 0.717) is 23.1 Å². The Kier molecular flexibility index (Phi) is 5.76. The van der Waals surface area contributed by atoms with Gasteiger partial charge in [-0.15, -0.1) is 0 Å². The minimum atomic E-state index is -0.272. The Morgan fingerprint density at radius 2 is 1.86 bits per heavy atom. The van der Waals surface area contributed by atoms with Crippen molar-refractivity contribution in [1.82, 2.24) is 9.47 Å². The number of rotatable bonds is 6. The standard InChI is InChI=1S/C22H19ClN2O3S/c1-28-11-10-25-21(26)20(29-22(25)27)12-16-14-24(19-5-3-2-4-18(16)19)13-15-6-8-17(23)9-7-15/h2-9,12,14H,10-11,13H2,1H3/b20-12+. The Labute approximate surface area is 177 Å². The molecule has 5 nitrogen and oxygen atoms in total. The van der Waals surface area contributed by atoms with Gasteiger partial charge in [0.25, 0.3) is 11.1 Å². The van der Waals surface area contributed by atoms with E-state index in [1.54, 1.807) is 13.2 Å². The molecule has 1 saturated heterocycles. The number of ether oxygens (including phenoxy) is 1. The lowest BCUT2D eigenvalue weighted by Crippen LogP contribution is -2.31. The first kappa shape index (κ1) is 19.8. The van der Waals surface area contributed by atoms with Gasteiger partial charge in [0.1, 0.15) is 0 Å². The third-order valence-electron chi connectivity index (χ3n) is 4.76.